The third kappa shape index (κ3) is 2.19. The number of halogens is 3. The second-order valence-corrected chi connectivity index (χ2v) is 5.67. The van der Waals surface area contributed by atoms with Gasteiger partial charge in [-0.3, -0.25) is 0 Å². The van der Waals surface area contributed by atoms with Gasteiger partial charge >= 0.3 is 0 Å². The molecule has 2 aromatic rings. The van der Waals surface area contributed by atoms with Crippen molar-refractivity contribution in [3.8, 4) is 6.07 Å². The maximum atomic E-state index is 9.12. The minimum Gasteiger partial charge on any atom is -0.444 e. The van der Waals surface area contributed by atoms with E-state index in [2.05, 4.69) is 13.8 Å². The largest absolute Gasteiger partial charge is 0.444 e. The van der Waals surface area contributed by atoms with Crippen LogP contribution in [0.15, 0.2) is 10.5 Å². The predicted octanol–water partition coefficient (Wildman–Crippen LogP) is 5.46. The highest BCUT2D eigenvalue weighted by molar-refractivity contribution is 6.47. The van der Waals surface area contributed by atoms with Crippen molar-refractivity contribution in [2.24, 2.45) is 5.92 Å². The zero-order valence-corrected chi connectivity index (χ0v) is 12.1. The Morgan fingerprint density at radius 2 is 1.94 bits per heavy atom. The van der Waals surface area contributed by atoms with E-state index in [1.807, 2.05) is 6.07 Å². The molecule has 0 amide bonds. The summed E-state index contributed by atoms with van der Waals surface area (Å²) >= 11 is 18.3. The molecule has 2 rings (SSSR count). The summed E-state index contributed by atoms with van der Waals surface area (Å²) < 4.78 is 5.48. The van der Waals surface area contributed by atoms with Crippen molar-refractivity contribution in [1.82, 2.24) is 0 Å². The second kappa shape index (κ2) is 5.01. The van der Waals surface area contributed by atoms with Gasteiger partial charge in [0.05, 0.1) is 15.1 Å². The monoisotopic (exact) mass is 301 g/mol. The van der Waals surface area contributed by atoms with Crippen LogP contribution in [0.1, 0.15) is 25.2 Å². The van der Waals surface area contributed by atoms with E-state index >= 15 is 0 Å². The number of hydrogen-bond donors (Lipinski definition) is 0. The molecule has 0 radical (unpaired) electrons. The molecule has 5 heteroatoms. The van der Waals surface area contributed by atoms with Gasteiger partial charge in [-0.15, -0.1) is 0 Å². The van der Waals surface area contributed by atoms with Crippen molar-refractivity contribution in [3.63, 3.8) is 0 Å². The molecule has 0 unspecified atom stereocenters. The molecule has 1 aromatic carbocycles. The normalized spacial score (nSPS) is 11.2. The number of rotatable bonds is 2. The second-order valence-electron chi connectivity index (χ2n) is 4.48. The number of nitrogens with zero attached hydrogens (tertiary/aromatic N) is 1. The molecule has 0 aliphatic heterocycles. The summed E-state index contributed by atoms with van der Waals surface area (Å²) in [5.74, 6) is 0.622. The van der Waals surface area contributed by atoms with Gasteiger partial charge in [0.1, 0.15) is 6.07 Å². The van der Waals surface area contributed by atoms with Crippen molar-refractivity contribution < 1.29 is 4.42 Å². The van der Waals surface area contributed by atoms with Gasteiger partial charge in [-0.2, -0.15) is 5.26 Å². The fourth-order valence-corrected chi connectivity index (χ4v) is 2.67. The van der Waals surface area contributed by atoms with Crippen LogP contribution in [0, 0.1) is 17.2 Å². The molecule has 0 bridgehead atoms. The minimum absolute atomic E-state index is 0.254. The number of nitriles is 1. The molecule has 1 aromatic heterocycles. The molecular weight excluding hydrogens is 293 g/mol. The molecular formula is C13H10Cl3NO. The van der Waals surface area contributed by atoms with E-state index in [0.717, 1.165) is 5.56 Å². The van der Waals surface area contributed by atoms with Gasteiger partial charge in [-0.25, -0.2) is 0 Å². The highest BCUT2D eigenvalue weighted by atomic mass is 35.5. The molecule has 0 aliphatic rings. The van der Waals surface area contributed by atoms with Crippen molar-refractivity contribution in [2.75, 3.05) is 0 Å². The van der Waals surface area contributed by atoms with Crippen molar-refractivity contribution in [1.29, 1.82) is 5.26 Å². The lowest BCUT2D eigenvalue weighted by atomic mass is 10.00. The van der Waals surface area contributed by atoms with E-state index in [1.165, 1.54) is 6.07 Å². The van der Waals surface area contributed by atoms with Gasteiger partial charge in [-0.05, 0) is 18.4 Å². The van der Waals surface area contributed by atoms with E-state index in [0.29, 0.717) is 38.4 Å². The minimum atomic E-state index is 0.254. The standard InChI is InChI=1S/C13H10Cl3NO/c1-6(2)3-7-10(5-17)18-13-9(15)4-8(14)12(16)11(7)13/h4,6H,3H2,1-2H3. The van der Waals surface area contributed by atoms with Crippen molar-refractivity contribution in [3.05, 3.63) is 32.5 Å². The number of furan rings is 1. The molecule has 0 spiro atoms. The lowest BCUT2D eigenvalue weighted by Gasteiger charge is -2.05. The topological polar surface area (TPSA) is 36.9 Å². The van der Waals surface area contributed by atoms with E-state index < -0.39 is 0 Å². The maximum Gasteiger partial charge on any atom is 0.208 e. The van der Waals surface area contributed by atoms with Crippen LogP contribution >= 0.6 is 34.8 Å². The van der Waals surface area contributed by atoms with Gasteiger partial charge in [0.15, 0.2) is 5.58 Å². The zero-order chi connectivity index (χ0) is 13.4. The van der Waals surface area contributed by atoms with Crippen molar-refractivity contribution in [2.45, 2.75) is 20.3 Å². The Bertz CT molecular complexity index is 653. The average Bonchev–Trinajstić information content (AvgIpc) is 2.65. The van der Waals surface area contributed by atoms with Gasteiger partial charge in [-0.1, -0.05) is 48.7 Å². The van der Waals surface area contributed by atoms with Gasteiger partial charge in [0.25, 0.3) is 0 Å². The molecule has 94 valence electrons. The van der Waals surface area contributed by atoms with E-state index in [1.54, 1.807) is 0 Å². The van der Waals surface area contributed by atoms with Gasteiger partial charge in [0.2, 0.25) is 5.76 Å². The van der Waals surface area contributed by atoms with E-state index in [4.69, 9.17) is 44.5 Å². The Morgan fingerprint density at radius 3 is 2.50 bits per heavy atom. The van der Waals surface area contributed by atoms with Crippen LogP contribution in [0.2, 0.25) is 15.1 Å². The summed E-state index contributed by atoms with van der Waals surface area (Å²) in [5, 5.41) is 10.9. The molecule has 0 atom stereocenters. The number of fused-ring (bicyclic) bond motifs is 1. The Morgan fingerprint density at radius 1 is 1.28 bits per heavy atom. The van der Waals surface area contributed by atoms with Crippen molar-refractivity contribution >= 4 is 45.8 Å². The third-order valence-electron chi connectivity index (χ3n) is 2.62. The molecule has 0 saturated heterocycles. The van der Waals surface area contributed by atoms with Crippen LogP contribution in [-0.2, 0) is 6.42 Å². The summed E-state index contributed by atoms with van der Waals surface area (Å²) in [5.41, 5.74) is 1.20. The van der Waals surface area contributed by atoms with E-state index in [9.17, 15) is 0 Å². The van der Waals surface area contributed by atoms with Crippen LogP contribution < -0.4 is 0 Å². The zero-order valence-electron chi connectivity index (χ0n) is 9.85. The molecule has 0 aliphatic carbocycles. The highest BCUT2D eigenvalue weighted by Gasteiger charge is 2.21. The Kier molecular flexibility index (Phi) is 3.77. The van der Waals surface area contributed by atoms with Gasteiger partial charge in [0, 0.05) is 10.9 Å². The lowest BCUT2D eigenvalue weighted by molar-refractivity contribution is 0.579. The van der Waals surface area contributed by atoms with Crippen LogP contribution in [0.25, 0.3) is 11.0 Å². The van der Waals surface area contributed by atoms with Crippen LogP contribution in [0.3, 0.4) is 0 Å². The molecule has 0 N–H and O–H groups in total. The van der Waals surface area contributed by atoms with Crippen LogP contribution in [-0.4, -0.2) is 0 Å². The molecule has 0 fully saturated rings. The molecule has 1 heterocycles. The first-order chi connectivity index (χ1) is 8.45. The fraction of sp³-hybridized carbons (Fsp3) is 0.308. The smallest absolute Gasteiger partial charge is 0.208 e. The molecule has 2 nitrogen and oxygen atoms in total. The Balaban J connectivity index is 2.85. The first kappa shape index (κ1) is 13.5. The average molecular weight is 303 g/mol. The van der Waals surface area contributed by atoms with Gasteiger partial charge < -0.3 is 4.42 Å². The summed E-state index contributed by atoms with van der Waals surface area (Å²) in [7, 11) is 0. The fourth-order valence-electron chi connectivity index (χ4n) is 1.92. The summed E-state index contributed by atoms with van der Waals surface area (Å²) in [6, 6.07) is 3.56. The predicted molar refractivity (Wildman–Crippen MR) is 74.5 cm³/mol. The van der Waals surface area contributed by atoms with Crippen LogP contribution in [0.4, 0.5) is 0 Å². The number of hydrogen-bond acceptors (Lipinski definition) is 2. The Labute approximate surface area is 120 Å². The molecule has 0 saturated carbocycles. The summed E-state index contributed by atoms with van der Waals surface area (Å²) in [4.78, 5) is 0. The highest BCUT2D eigenvalue weighted by Crippen LogP contribution is 2.41. The summed E-state index contributed by atoms with van der Waals surface area (Å²) in [6.45, 7) is 4.11. The maximum absolute atomic E-state index is 9.12. The molecule has 18 heavy (non-hydrogen) atoms. The van der Waals surface area contributed by atoms with Crippen LogP contribution in [0.5, 0.6) is 0 Å². The number of benzene rings is 1. The first-order valence-corrected chi connectivity index (χ1v) is 6.58. The lowest BCUT2D eigenvalue weighted by Crippen LogP contribution is -1.95. The Hall–Kier alpha value is -0.880. The van der Waals surface area contributed by atoms with E-state index in [-0.39, 0.29) is 5.76 Å². The summed E-state index contributed by atoms with van der Waals surface area (Å²) in [6.07, 6.45) is 0.687. The quantitative estimate of drug-likeness (QED) is 0.690. The third-order valence-corrected chi connectivity index (χ3v) is 3.69. The SMILES string of the molecule is CC(C)Cc1c(C#N)oc2c(Cl)cc(Cl)c(Cl)c12. The first-order valence-electron chi connectivity index (χ1n) is 5.44.